The van der Waals surface area contributed by atoms with Gasteiger partial charge in [-0.05, 0) is 26.3 Å². The lowest BCUT2D eigenvalue weighted by Gasteiger charge is -2.24. The van der Waals surface area contributed by atoms with Crippen molar-refractivity contribution in [2.45, 2.75) is 32.2 Å². The number of benzene rings is 1. The van der Waals surface area contributed by atoms with Gasteiger partial charge in [0.15, 0.2) is 6.29 Å². The van der Waals surface area contributed by atoms with Crippen LogP contribution in [0.4, 0.5) is 0 Å². The third kappa shape index (κ3) is 2.06. The highest BCUT2D eigenvalue weighted by atomic mass is 16.6. The number of rotatable bonds is 5. The predicted molar refractivity (Wildman–Crippen MR) is 86.9 cm³/mol. The van der Waals surface area contributed by atoms with Crippen LogP contribution in [-0.4, -0.2) is 36.0 Å². The van der Waals surface area contributed by atoms with E-state index in [0.29, 0.717) is 24.1 Å². The molecule has 0 spiro atoms. The molecule has 1 aliphatic rings. The summed E-state index contributed by atoms with van der Waals surface area (Å²) in [4.78, 5) is 37.3. The van der Waals surface area contributed by atoms with Gasteiger partial charge in [0, 0.05) is 23.0 Å². The molecule has 0 saturated carbocycles. The first-order chi connectivity index (χ1) is 11.6. The van der Waals surface area contributed by atoms with Crippen molar-refractivity contribution in [2.24, 2.45) is 0 Å². The molecule has 0 unspecified atom stereocenters. The van der Waals surface area contributed by atoms with Gasteiger partial charge >= 0.3 is 11.9 Å². The van der Waals surface area contributed by atoms with E-state index in [4.69, 9.17) is 9.47 Å². The Hall–Kier alpha value is -2.63. The monoisotopic (exact) mass is 329 g/mol. The second kappa shape index (κ2) is 6.11. The fraction of sp³-hybridized carbons (Fsp3) is 0.389. The van der Waals surface area contributed by atoms with Gasteiger partial charge in [-0.3, -0.25) is 14.4 Å². The van der Waals surface area contributed by atoms with Gasteiger partial charge in [-0.25, -0.2) is 0 Å². The minimum atomic E-state index is -1.58. The van der Waals surface area contributed by atoms with E-state index < -0.39 is 17.4 Å². The first-order valence-electron chi connectivity index (χ1n) is 8.03. The highest BCUT2D eigenvalue weighted by Gasteiger charge is 2.57. The maximum atomic E-state index is 12.7. The number of carbonyl (C=O) groups excluding carboxylic acids is 3. The number of esters is 2. The Bertz CT molecular complexity index is 802. The fourth-order valence-electron chi connectivity index (χ4n) is 3.53. The molecule has 0 fully saturated rings. The molecule has 6 nitrogen and oxygen atoms in total. The zero-order chi connectivity index (χ0) is 17.3. The maximum Gasteiger partial charge on any atom is 0.329 e. The van der Waals surface area contributed by atoms with E-state index in [2.05, 4.69) is 0 Å². The second-order valence-corrected chi connectivity index (χ2v) is 5.65. The van der Waals surface area contributed by atoms with Crippen molar-refractivity contribution in [1.82, 2.24) is 4.57 Å². The molecule has 1 aromatic carbocycles. The van der Waals surface area contributed by atoms with Crippen LogP contribution >= 0.6 is 0 Å². The van der Waals surface area contributed by atoms with E-state index in [1.54, 1.807) is 13.8 Å². The van der Waals surface area contributed by atoms with Crippen LogP contribution in [-0.2, 0) is 31.0 Å². The van der Waals surface area contributed by atoms with Crippen LogP contribution < -0.4 is 0 Å². The third-order valence-corrected chi connectivity index (χ3v) is 4.49. The van der Waals surface area contributed by atoms with E-state index in [1.165, 1.54) is 0 Å². The molecule has 3 rings (SSSR count). The first kappa shape index (κ1) is 16.2. The van der Waals surface area contributed by atoms with Gasteiger partial charge in [0.25, 0.3) is 0 Å². The standard InChI is InChI=1S/C18H19NO5/c1-3-23-16(21)18(17(22)24-4-2)9-10-19-14-8-6-5-7-12(14)13(11-20)15(18)19/h5-8,11H,3-4,9-10H2,1-2H3. The normalized spacial score (nSPS) is 15.1. The maximum absolute atomic E-state index is 12.7. The second-order valence-electron chi connectivity index (χ2n) is 5.65. The van der Waals surface area contributed by atoms with Gasteiger partial charge in [0.05, 0.1) is 18.9 Å². The highest BCUT2D eigenvalue weighted by molar-refractivity contribution is 6.11. The third-order valence-electron chi connectivity index (χ3n) is 4.49. The lowest BCUT2D eigenvalue weighted by atomic mass is 9.81. The molecule has 0 N–H and O–H groups in total. The lowest BCUT2D eigenvalue weighted by molar-refractivity contribution is -0.164. The molecular formula is C18H19NO5. The average molecular weight is 329 g/mol. The van der Waals surface area contributed by atoms with E-state index in [0.717, 1.165) is 10.9 Å². The Balaban J connectivity index is 2.31. The number of hydrogen-bond acceptors (Lipinski definition) is 5. The topological polar surface area (TPSA) is 74.6 Å². The van der Waals surface area contributed by atoms with Gasteiger partial charge in [0.1, 0.15) is 0 Å². The highest BCUT2D eigenvalue weighted by Crippen LogP contribution is 2.43. The quantitative estimate of drug-likeness (QED) is 0.478. The molecule has 0 saturated heterocycles. The number of aromatic nitrogens is 1. The van der Waals surface area contributed by atoms with Crippen LogP contribution in [0.15, 0.2) is 24.3 Å². The van der Waals surface area contributed by atoms with Crippen LogP contribution in [0.2, 0.25) is 0 Å². The molecule has 2 aromatic rings. The SMILES string of the molecule is CCOC(=O)C1(C(=O)OCC)CCn2c1c(C=O)c1ccccc12. The lowest BCUT2D eigenvalue weighted by Crippen LogP contribution is -2.45. The molecule has 6 heteroatoms. The molecule has 2 heterocycles. The Morgan fingerprint density at radius 2 is 1.79 bits per heavy atom. The molecule has 0 aliphatic carbocycles. The molecular weight excluding hydrogens is 310 g/mol. The van der Waals surface area contributed by atoms with E-state index >= 15 is 0 Å². The summed E-state index contributed by atoms with van der Waals surface area (Å²) in [5, 5.41) is 0.722. The zero-order valence-corrected chi connectivity index (χ0v) is 13.7. The van der Waals surface area contributed by atoms with Crippen LogP contribution in [0.25, 0.3) is 10.9 Å². The van der Waals surface area contributed by atoms with Crippen molar-refractivity contribution in [3.05, 3.63) is 35.5 Å². The smallest absolute Gasteiger partial charge is 0.329 e. The van der Waals surface area contributed by atoms with Gasteiger partial charge in [0.2, 0.25) is 5.41 Å². The minimum Gasteiger partial charge on any atom is -0.465 e. The fourth-order valence-corrected chi connectivity index (χ4v) is 3.53. The predicted octanol–water partition coefficient (Wildman–Crippen LogP) is 2.22. The van der Waals surface area contributed by atoms with Crippen molar-refractivity contribution >= 4 is 29.1 Å². The zero-order valence-electron chi connectivity index (χ0n) is 13.7. The van der Waals surface area contributed by atoms with Crippen LogP contribution in [0, 0.1) is 0 Å². The Kier molecular flexibility index (Phi) is 4.13. The number of aldehydes is 1. The number of aryl methyl sites for hydroxylation is 1. The van der Waals surface area contributed by atoms with Crippen molar-refractivity contribution in [3.63, 3.8) is 0 Å². The van der Waals surface area contributed by atoms with E-state index in [1.807, 2.05) is 28.8 Å². The minimum absolute atomic E-state index is 0.149. The summed E-state index contributed by atoms with van der Waals surface area (Å²) in [7, 11) is 0. The summed E-state index contributed by atoms with van der Waals surface area (Å²) in [6, 6.07) is 7.37. The number of hydrogen-bond donors (Lipinski definition) is 0. The first-order valence-corrected chi connectivity index (χ1v) is 8.03. The van der Waals surface area contributed by atoms with Crippen molar-refractivity contribution < 1.29 is 23.9 Å². The van der Waals surface area contributed by atoms with Gasteiger partial charge in [-0.2, -0.15) is 0 Å². The summed E-state index contributed by atoms with van der Waals surface area (Å²) in [6.45, 7) is 4.11. The van der Waals surface area contributed by atoms with Gasteiger partial charge in [-0.1, -0.05) is 18.2 Å². The molecule has 0 radical (unpaired) electrons. The van der Waals surface area contributed by atoms with Crippen LogP contribution in [0.1, 0.15) is 36.3 Å². The van der Waals surface area contributed by atoms with Crippen molar-refractivity contribution in [1.29, 1.82) is 0 Å². The number of carbonyl (C=O) groups is 3. The van der Waals surface area contributed by atoms with E-state index in [9.17, 15) is 14.4 Å². The molecule has 0 bridgehead atoms. The summed E-state index contributed by atoms with van der Waals surface area (Å²) in [5.74, 6) is -1.32. The Labute approximate surface area is 139 Å². The summed E-state index contributed by atoms with van der Waals surface area (Å²) in [5.41, 5.74) is -0.0220. The number of ether oxygens (including phenoxy) is 2. The van der Waals surface area contributed by atoms with Crippen LogP contribution in [0.3, 0.4) is 0 Å². The summed E-state index contributed by atoms with van der Waals surface area (Å²) >= 11 is 0. The Morgan fingerprint density at radius 1 is 1.17 bits per heavy atom. The van der Waals surface area contributed by atoms with E-state index in [-0.39, 0.29) is 19.6 Å². The largest absolute Gasteiger partial charge is 0.465 e. The summed E-state index contributed by atoms with van der Waals surface area (Å²) in [6.07, 6.45) is 0.929. The van der Waals surface area contributed by atoms with Crippen LogP contribution in [0.5, 0.6) is 0 Å². The van der Waals surface area contributed by atoms with Crippen molar-refractivity contribution in [2.75, 3.05) is 13.2 Å². The van der Waals surface area contributed by atoms with Crippen molar-refractivity contribution in [3.8, 4) is 0 Å². The number of nitrogens with zero attached hydrogens (tertiary/aromatic N) is 1. The van der Waals surface area contributed by atoms with Gasteiger partial charge in [-0.15, -0.1) is 0 Å². The molecule has 126 valence electrons. The number of para-hydroxylation sites is 1. The summed E-state index contributed by atoms with van der Waals surface area (Å²) < 4.78 is 12.2. The molecule has 1 aromatic heterocycles. The average Bonchev–Trinajstić information content (AvgIpc) is 3.11. The Morgan fingerprint density at radius 3 is 2.38 bits per heavy atom. The molecule has 1 aliphatic heterocycles. The number of fused-ring (bicyclic) bond motifs is 3. The molecule has 0 atom stereocenters. The molecule has 0 amide bonds. The van der Waals surface area contributed by atoms with Gasteiger partial charge < -0.3 is 14.0 Å². The molecule has 24 heavy (non-hydrogen) atoms.